The molecule has 0 spiro atoms. The number of nitrogens with zero attached hydrogens (tertiary/aromatic N) is 3. The summed E-state index contributed by atoms with van der Waals surface area (Å²) in [6, 6.07) is 4.88. The van der Waals surface area contributed by atoms with Crippen LogP contribution >= 0.6 is 0 Å². The summed E-state index contributed by atoms with van der Waals surface area (Å²) in [4.78, 5) is 32.9. The minimum absolute atomic E-state index is 0.0907. The van der Waals surface area contributed by atoms with E-state index in [4.69, 9.17) is 4.74 Å². The summed E-state index contributed by atoms with van der Waals surface area (Å²) in [6.07, 6.45) is 3.87. The number of ether oxygens (including phenoxy) is 1. The maximum absolute atomic E-state index is 12.9. The second kappa shape index (κ2) is 7.35. The number of likely N-dealkylation sites (tertiary alicyclic amines) is 1. The van der Waals surface area contributed by atoms with Gasteiger partial charge in [-0.25, -0.2) is 14.2 Å². The second-order valence-corrected chi connectivity index (χ2v) is 5.70. The zero-order valence-corrected chi connectivity index (χ0v) is 13.2. The minimum Gasteiger partial charge on any atom is -0.480 e. The fraction of sp³-hybridized carbons (Fsp3) is 0.294. The van der Waals surface area contributed by atoms with Gasteiger partial charge in [-0.2, -0.15) is 0 Å². The van der Waals surface area contributed by atoms with Crippen LogP contribution in [0.15, 0.2) is 42.9 Å². The lowest BCUT2D eigenvalue weighted by molar-refractivity contribution is -0.141. The van der Waals surface area contributed by atoms with Crippen molar-refractivity contribution in [2.45, 2.75) is 25.2 Å². The molecule has 2 atom stereocenters. The van der Waals surface area contributed by atoms with Gasteiger partial charge in [-0.05, 0) is 17.7 Å². The first kappa shape index (κ1) is 17.0. The fourth-order valence-electron chi connectivity index (χ4n) is 2.73. The SMILES string of the molecule is O=C(O)C1CC(OCc2ccc(F)cc2)CN1C(=O)c1cnccn1. The van der Waals surface area contributed by atoms with Crippen molar-refractivity contribution in [2.24, 2.45) is 0 Å². The van der Waals surface area contributed by atoms with Gasteiger partial charge in [0.2, 0.25) is 0 Å². The molecule has 1 aliphatic rings. The van der Waals surface area contributed by atoms with E-state index in [0.717, 1.165) is 5.56 Å². The molecule has 2 aromatic rings. The lowest BCUT2D eigenvalue weighted by Gasteiger charge is -2.20. The number of aliphatic carboxylic acids is 1. The summed E-state index contributed by atoms with van der Waals surface area (Å²) in [5.41, 5.74) is 0.861. The lowest BCUT2D eigenvalue weighted by Crippen LogP contribution is -2.41. The molecule has 1 fully saturated rings. The number of carboxylic acid groups (broad SMARTS) is 1. The van der Waals surface area contributed by atoms with Crippen LogP contribution in [-0.2, 0) is 16.1 Å². The molecule has 2 heterocycles. The van der Waals surface area contributed by atoms with E-state index in [2.05, 4.69) is 9.97 Å². The molecule has 25 heavy (non-hydrogen) atoms. The summed E-state index contributed by atoms with van der Waals surface area (Å²) < 4.78 is 18.6. The van der Waals surface area contributed by atoms with Crippen molar-refractivity contribution in [1.82, 2.24) is 14.9 Å². The third-order valence-corrected chi connectivity index (χ3v) is 3.99. The maximum atomic E-state index is 12.9. The zero-order valence-electron chi connectivity index (χ0n) is 13.2. The Labute approximate surface area is 143 Å². The molecule has 130 valence electrons. The molecule has 3 rings (SSSR count). The Kier molecular flexibility index (Phi) is 4.99. The fourth-order valence-corrected chi connectivity index (χ4v) is 2.73. The number of rotatable bonds is 5. The van der Waals surface area contributed by atoms with Gasteiger partial charge in [0.25, 0.3) is 5.91 Å². The van der Waals surface area contributed by atoms with Crippen LogP contribution in [0.3, 0.4) is 0 Å². The van der Waals surface area contributed by atoms with Gasteiger partial charge in [-0.15, -0.1) is 0 Å². The highest BCUT2D eigenvalue weighted by Gasteiger charge is 2.40. The van der Waals surface area contributed by atoms with Crippen molar-refractivity contribution in [3.05, 3.63) is 59.9 Å². The molecule has 8 heteroatoms. The largest absolute Gasteiger partial charge is 0.480 e. The van der Waals surface area contributed by atoms with Gasteiger partial charge in [0.15, 0.2) is 0 Å². The molecule has 1 aromatic carbocycles. The number of amides is 1. The van der Waals surface area contributed by atoms with Gasteiger partial charge in [0.1, 0.15) is 17.6 Å². The van der Waals surface area contributed by atoms with E-state index in [-0.39, 0.29) is 31.1 Å². The number of benzene rings is 1. The smallest absolute Gasteiger partial charge is 0.326 e. The van der Waals surface area contributed by atoms with Crippen LogP contribution in [-0.4, -0.2) is 50.5 Å². The van der Waals surface area contributed by atoms with Crippen LogP contribution < -0.4 is 0 Å². The first-order valence-corrected chi connectivity index (χ1v) is 7.70. The summed E-state index contributed by atoms with van der Waals surface area (Å²) in [6.45, 7) is 0.359. The molecular formula is C17H16FN3O4. The molecule has 1 saturated heterocycles. The van der Waals surface area contributed by atoms with Crippen molar-refractivity contribution in [2.75, 3.05) is 6.54 Å². The summed E-state index contributed by atoms with van der Waals surface area (Å²) in [7, 11) is 0. The van der Waals surface area contributed by atoms with Crippen molar-refractivity contribution in [1.29, 1.82) is 0 Å². The first-order valence-electron chi connectivity index (χ1n) is 7.70. The van der Waals surface area contributed by atoms with Gasteiger partial charge >= 0.3 is 5.97 Å². The Bertz CT molecular complexity index is 754. The predicted molar refractivity (Wildman–Crippen MR) is 84.1 cm³/mol. The summed E-state index contributed by atoms with van der Waals surface area (Å²) in [5, 5.41) is 9.39. The van der Waals surface area contributed by atoms with E-state index in [0.29, 0.717) is 0 Å². The molecule has 7 nitrogen and oxygen atoms in total. The Morgan fingerprint density at radius 1 is 1.28 bits per heavy atom. The average Bonchev–Trinajstić information content (AvgIpc) is 3.06. The Balaban J connectivity index is 1.67. The topological polar surface area (TPSA) is 92.6 Å². The first-order chi connectivity index (χ1) is 12.0. The van der Waals surface area contributed by atoms with Gasteiger partial charge in [0.05, 0.1) is 18.9 Å². The highest BCUT2D eigenvalue weighted by atomic mass is 19.1. The van der Waals surface area contributed by atoms with E-state index in [9.17, 15) is 19.1 Å². The molecule has 1 aliphatic heterocycles. The molecule has 0 saturated carbocycles. The van der Waals surface area contributed by atoms with Gasteiger partial charge in [-0.3, -0.25) is 9.78 Å². The predicted octanol–water partition coefficient (Wildman–Crippen LogP) is 1.50. The molecule has 1 aromatic heterocycles. The number of carboxylic acids is 1. The maximum Gasteiger partial charge on any atom is 0.326 e. The summed E-state index contributed by atoms with van der Waals surface area (Å²) >= 11 is 0. The molecule has 1 N–H and O–H groups in total. The number of carbonyl (C=O) groups is 2. The van der Waals surface area contributed by atoms with Crippen LogP contribution in [0.5, 0.6) is 0 Å². The molecular weight excluding hydrogens is 329 g/mol. The Morgan fingerprint density at radius 2 is 2.04 bits per heavy atom. The standard InChI is InChI=1S/C17H16FN3O4/c18-12-3-1-11(2-4-12)10-25-13-7-15(17(23)24)21(9-13)16(22)14-8-19-5-6-20-14/h1-6,8,13,15H,7,9-10H2,(H,23,24). The number of hydrogen-bond donors (Lipinski definition) is 1. The van der Waals surface area contributed by atoms with Crippen molar-refractivity contribution in [3.8, 4) is 0 Å². The van der Waals surface area contributed by atoms with E-state index in [1.807, 2.05) is 0 Å². The molecule has 0 bridgehead atoms. The minimum atomic E-state index is -1.09. The Morgan fingerprint density at radius 3 is 2.68 bits per heavy atom. The number of aromatic nitrogens is 2. The monoisotopic (exact) mass is 345 g/mol. The van der Waals surface area contributed by atoms with Crippen LogP contribution in [0, 0.1) is 5.82 Å². The highest BCUT2D eigenvalue weighted by Crippen LogP contribution is 2.23. The van der Waals surface area contributed by atoms with Crippen LogP contribution in [0.1, 0.15) is 22.5 Å². The lowest BCUT2D eigenvalue weighted by atomic mass is 10.2. The molecule has 0 radical (unpaired) electrons. The van der Waals surface area contributed by atoms with Crippen LogP contribution in [0.25, 0.3) is 0 Å². The number of carbonyl (C=O) groups excluding carboxylic acids is 1. The molecule has 1 amide bonds. The molecule has 0 aliphatic carbocycles. The van der Waals surface area contributed by atoms with Gasteiger partial charge in [0, 0.05) is 25.4 Å². The van der Waals surface area contributed by atoms with Crippen LogP contribution in [0.2, 0.25) is 0 Å². The van der Waals surface area contributed by atoms with Gasteiger partial charge < -0.3 is 14.7 Å². The number of hydrogen-bond acceptors (Lipinski definition) is 5. The zero-order chi connectivity index (χ0) is 17.8. The Hall–Kier alpha value is -2.87. The second-order valence-electron chi connectivity index (χ2n) is 5.70. The third kappa shape index (κ3) is 3.97. The highest BCUT2D eigenvalue weighted by molar-refractivity contribution is 5.95. The van der Waals surface area contributed by atoms with Crippen LogP contribution in [0.4, 0.5) is 4.39 Å². The van der Waals surface area contributed by atoms with E-state index in [1.54, 1.807) is 12.1 Å². The van der Waals surface area contributed by atoms with E-state index < -0.39 is 24.0 Å². The van der Waals surface area contributed by atoms with Gasteiger partial charge in [-0.1, -0.05) is 12.1 Å². The van der Waals surface area contributed by atoms with E-state index in [1.165, 1.54) is 35.6 Å². The normalized spacial score (nSPS) is 19.8. The quantitative estimate of drug-likeness (QED) is 0.883. The molecule has 2 unspecified atom stereocenters. The van der Waals surface area contributed by atoms with E-state index >= 15 is 0 Å². The average molecular weight is 345 g/mol. The third-order valence-electron chi connectivity index (χ3n) is 3.99. The summed E-state index contributed by atoms with van der Waals surface area (Å²) in [5.74, 6) is -1.92. The van der Waals surface area contributed by atoms with Crippen molar-refractivity contribution >= 4 is 11.9 Å². The van der Waals surface area contributed by atoms with Crippen molar-refractivity contribution < 1.29 is 23.8 Å². The number of halogens is 1. The van der Waals surface area contributed by atoms with Crippen molar-refractivity contribution in [3.63, 3.8) is 0 Å².